The van der Waals surface area contributed by atoms with Crippen LogP contribution in [0.2, 0.25) is 0 Å². The molecule has 5 nitrogen and oxygen atoms in total. The van der Waals surface area contributed by atoms with Gasteiger partial charge in [0.05, 0.1) is 20.1 Å². The Labute approximate surface area is 94.1 Å². The molecule has 1 fully saturated rings. The van der Waals surface area contributed by atoms with Crippen molar-refractivity contribution in [3.63, 3.8) is 0 Å². The van der Waals surface area contributed by atoms with Crippen molar-refractivity contribution in [3.8, 4) is 0 Å². The molecule has 1 aliphatic rings. The number of hydrogen-bond acceptors (Lipinski definition) is 5. The summed E-state index contributed by atoms with van der Waals surface area (Å²) in [6.07, 6.45) is 0.172. The first kappa shape index (κ1) is 12.7. The topological polar surface area (TPSA) is 69.7 Å². The van der Waals surface area contributed by atoms with Crippen LogP contribution >= 0.6 is 0 Å². The highest BCUT2D eigenvalue weighted by molar-refractivity contribution is 6.06. The van der Waals surface area contributed by atoms with Crippen LogP contribution in [0.3, 0.4) is 0 Å². The van der Waals surface area contributed by atoms with Crippen molar-refractivity contribution in [1.82, 2.24) is 0 Å². The first-order chi connectivity index (χ1) is 7.36. The number of ether oxygens (including phenoxy) is 2. The summed E-state index contributed by atoms with van der Waals surface area (Å²) in [5.41, 5.74) is -0.869. The summed E-state index contributed by atoms with van der Waals surface area (Å²) in [5.74, 6) is -2.71. The molecule has 0 spiro atoms. The van der Waals surface area contributed by atoms with Gasteiger partial charge in [0, 0.05) is 5.41 Å². The summed E-state index contributed by atoms with van der Waals surface area (Å²) in [7, 11) is 2.50. The minimum atomic E-state index is -0.869. The predicted molar refractivity (Wildman–Crippen MR) is 54.4 cm³/mol. The molecule has 0 N–H and O–H groups in total. The molecule has 0 aliphatic heterocycles. The van der Waals surface area contributed by atoms with E-state index in [1.54, 1.807) is 13.8 Å². The Bertz CT molecular complexity index is 331. The monoisotopic (exact) mass is 228 g/mol. The fraction of sp³-hybridized carbons (Fsp3) is 0.727. The van der Waals surface area contributed by atoms with Gasteiger partial charge in [-0.25, -0.2) is 0 Å². The standard InChI is InChI=1S/C11H16O5/c1-11(2)7(10(14)16-4)5-6(8(11)12)9(13)15-3/h6-7H,5H2,1-4H3. The molecule has 2 unspecified atom stereocenters. The Morgan fingerprint density at radius 1 is 1.19 bits per heavy atom. The number of esters is 2. The van der Waals surface area contributed by atoms with Crippen molar-refractivity contribution in [3.05, 3.63) is 0 Å². The molecule has 0 heterocycles. The Hall–Kier alpha value is -1.39. The summed E-state index contributed by atoms with van der Waals surface area (Å²) in [6.45, 7) is 3.31. The second-order valence-electron chi connectivity index (χ2n) is 4.47. The molecule has 1 saturated carbocycles. The third-order valence-corrected chi connectivity index (χ3v) is 3.27. The van der Waals surface area contributed by atoms with E-state index in [2.05, 4.69) is 9.47 Å². The number of Topliss-reactive ketones (excluding diaryl/α,β-unsaturated/α-hetero) is 1. The van der Waals surface area contributed by atoms with Crippen LogP contribution in [0.4, 0.5) is 0 Å². The molecular formula is C11H16O5. The zero-order valence-corrected chi connectivity index (χ0v) is 9.90. The fourth-order valence-corrected chi connectivity index (χ4v) is 2.14. The maximum absolute atomic E-state index is 11.9. The van der Waals surface area contributed by atoms with E-state index in [0.717, 1.165) is 0 Å². The minimum Gasteiger partial charge on any atom is -0.469 e. The number of carbonyl (C=O) groups is 3. The molecule has 5 heteroatoms. The average Bonchev–Trinajstić information content (AvgIpc) is 2.49. The Balaban J connectivity index is 2.98. The van der Waals surface area contributed by atoms with Crippen LogP contribution in [0.15, 0.2) is 0 Å². The molecule has 0 aromatic carbocycles. The van der Waals surface area contributed by atoms with Crippen molar-refractivity contribution >= 4 is 17.7 Å². The van der Waals surface area contributed by atoms with Crippen LogP contribution in [0.25, 0.3) is 0 Å². The molecule has 0 bridgehead atoms. The van der Waals surface area contributed by atoms with Gasteiger partial charge < -0.3 is 9.47 Å². The average molecular weight is 228 g/mol. The maximum Gasteiger partial charge on any atom is 0.316 e. The lowest BCUT2D eigenvalue weighted by atomic mass is 9.81. The summed E-state index contributed by atoms with van der Waals surface area (Å²) < 4.78 is 9.18. The zero-order chi connectivity index (χ0) is 12.5. The van der Waals surface area contributed by atoms with Gasteiger partial charge in [0.25, 0.3) is 0 Å². The third-order valence-electron chi connectivity index (χ3n) is 3.27. The van der Waals surface area contributed by atoms with Crippen molar-refractivity contribution in [2.45, 2.75) is 20.3 Å². The van der Waals surface area contributed by atoms with Gasteiger partial charge in [0.2, 0.25) is 0 Å². The SMILES string of the molecule is COC(=O)C1CC(C(=O)OC)C(C)(C)C1=O. The fourth-order valence-electron chi connectivity index (χ4n) is 2.14. The normalized spacial score (nSPS) is 27.6. The van der Waals surface area contributed by atoms with Crippen LogP contribution in [-0.4, -0.2) is 31.9 Å². The van der Waals surface area contributed by atoms with Gasteiger partial charge in [-0.2, -0.15) is 0 Å². The summed E-state index contributed by atoms with van der Waals surface area (Å²) in [6, 6.07) is 0. The van der Waals surface area contributed by atoms with E-state index in [1.165, 1.54) is 14.2 Å². The van der Waals surface area contributed by atoms with Crippen LogP contribution in [0.1, 0.15) is 20.3 Å². The zero-order valence-electron chi connectivity index (χ0n) is 9.90. The third kappa shape index (κ3) is 1.81. The van der Waals surface area contributed by atoms with Crippen LogP contribution in [0.5, 0.6) is 0 Å². The van der Waals surface area contributed by atoms with E-state index in [-0.39, 0.29) is 12.2 Å². The van der Waals surface area contributed by atoms with Crippen molar-refractivity contribution in [2.75, 3.05) is 14.2 Å². The highest BCUT2D eigenvalue weighted by Crippen LogP contribution is 2.44. The molecule has 1 aliphatic carbocycles. The number of ketones is 1. The second-order valence-corrected chi connectivity index (χ2v) is 4.47. The highest BCUT2D eigenvalue weighted by Gasteiger charge is 2.54. The lowest BCUT2D eigenvalue weighted by molar-refractivity contribution is -0.151. The second kappa shape index (κ2) is 4.23. The highest BCUT2D eigenvalue weighted by atomic mass is 16.5. The van der Waals surface area contributed by atoms with Gasteiger partial charge in [-0.3, -0.25) is 14.4 Å². The van der Waals surface area contributed by atoms with Crippen molar-refractivity contribution in [2.24, 2.45) is 17.3 Å². The lowest BCUT2D eigenvalue weighted by Gasteiger charge is -2.22. The van der Waals surface area contributed by atoms with Gasteiger partial charge in [-0.15, -0.1) is 0 Å². The first-order valence-electron chi connectivity index (χ1n) is 5.06. The van der Waals surface area contributed by atoms with E-state index in [4.69, 9.17) is 0 Å². The molecular weight excluding hydrogens is 212 g/mol. The quantitative estimate of drug-likeness (QED) is 0.510. The van der Waals surface area contributed by atoms with E-state index in [1.807, 2.05) is 0 Å². The van der Waals surface area contributed by atoms with Gasteiger partial charge in [0.15, 0.2) is 5.78 Å². The van der Waals surface area contributed by atoms with Gasteiger partial charge in [-0.05, 0) is 6.42 Å². The number of rotatable bonds is 2. The molecule has 90 valence electrons. The Morgan fingerprint density at radius 3 is 2.12 bits per heavy atom. The van der Waals surface area contributed by atoms with Crippen molar-refractivity contribution in [1.29, 1.82) is 0 Å². The van der Waals surface area contributed by atoms with Crippen LogP contribution < -0.4 is 0 Å². The molecule has 0 saturated heterocycles. The van der Waals surface area contributed by atoms with Gasteiger partial charge >= 0.3 is 11.9 Å². The van der Waals surface area contributed by atoms with E-state index >= 15 is 0 Å². The van der Waals surface area contributed by atoms with Gasteiger partial charge in [-0.1, -0.05) is 13.8 Å². The predicted octanol–water partition coefficient (Wildman–Crippen LogP) is 0.564. The number of carbonyl (C=O) groups excluding carboxylic acids is 3. The molecule has 0 aromatic heterocycles. The van der Waals surface area contributed by atoms with Crippen molar-refractivity contribution < 1.29 is 23.9 Å². The Kier molecular flexibility index (Phi) is 3.35. The lowest BCUT2D eigenvalue weighted by Crippen LogP contribution is -2.33. The molecule has 1 rings (SSSR count). The van der Waals surface area contributed by atoms with Crippen LogP contribution in [-0.2, 0) is 23.9 Å². The van der Waals surface area contributed by atoms with Gasteiger partial charge in [0.1, 0.15) is 5.92 Å². The summed E-state index contributed by atoms with van der Waals surface area (Å²) >= 11 is 0. The Morgan fingerprint density at radius 2 is 1.69 bits per heavy atom. The minimum absolute atomic E-state index is 0.172. The molecule has 0 amide bonds. The smallest absolute Gasteiger partial charge is 0.316 e. The van der Waals surface area contributed by atoms with Crippen LogP contribution in [0, 0.1) is 17.3 Å². The number of hydrogen-bond donors (Lipinski definition) is 0. The molecule has 0 radical (unpaired) electrons. The number of methoxy groups -OCH3 is 2. The van der Waals surface area contributed by atoms with E-state index in [0.29, 0.717) is 0 Å². The summed E-state index contributed by atoms with van der Waals surface area (Å²) in [4.78, 5) is 34.8. The van der Waals surface area contributed by atoms with E-state index in [9.17, 15) is 14.4 Å². The summed E-state index contributed by atoms with van der Waals surface area (Å²) in [5, 5.41) is 0. The first-order valence-corrected chi connectivity index (χ1v) is 5.06. The maximum atomic E-state index is 11.9. The molecule has 2 atom stereocenters. The molecule has 0 aromatic rings. The van der Waals surface area contributed by atoms with E-state index < -0.39 is 29.2 Å². The largest absolute Gasteiger partial charge is 0.469 e. The molecule has 16 heavy (non-hydrogen) atoms.